The molecule has 0 amide bonds. The van der Waals surface area contributed by atoms with Crippen molar-refractivity contribution in [2.45, 2.75) is 18.9 Å². The highest BCUT2D eigenvalue weighted by Crippen LogP contribution is 2.39. The van der Waals surface area contributed by atoms with E-state index in [1.54, 1.807) is 0 Å². The second-order valence-corrected chi connectivity index (χ2v) is 5.14. The van der Waals surface area contributed by atoms with Gasteiger partial charge in [-0.15, -0.1) is 0 Å². The summed E-state index contributed by atoms with van der Waals surface area (Å²) < 4.78 is 11.1. The van der Waals surface area contributed by atoms with E-state index < -0.39 is 5.60 Å². The molecule has 1 saturated heterocycles. The first-order valence-corrected chi connectivity index (χ1v) is 6.53. The van der Waals surface area contributed by atoms with Crippen molar-refractivity contribution in [3.63, 3.8) is 0 Å². The lowest BCUT2D eigenvalue weighted by atomic mass is 9.77. The molecule has 1 aromatic rings. The number of hydrogen-bond donors (Lipinski definition) is 2. The zero-order valence-electron chi connectivity index (χ0n) is 10.6. The number of fused-ring (bicyclic) bond motifs is 1. The summed E-state index contributed by atoms with van der Waals surface area (Å²) in [5.74, 6) is 1.71. The van der Waals surface area contributed by atoms with Crippen molar-refractivity contribution >= 4 is 0 Å². The zero-order valence-corrected chi connectivity index (χ0v) is 10.6. The van der Waals surface area contributed by atoms with Gasteiger partial charge in [-0.1, -0.05) is 13.0 Å². The minimum Gasteiger partial charge on any atom is -0.486 e. The van der Waals surface area contributed by atoms with Crippen LogP contribution in [0.2, 0.25) is 0 Å². The lowest BCUT2D eigenvalue weighted by Gasteiger charge is -2.39. The lowest BCUT2D eigenvalue weighted by Crippen LogP contribution is -2.46. The van der Waals surface area contributed by atoms with Crippen LogP contribution in [-0.4, -0.2) is 31.4 Å². The number of ether oxygens (including phenoxy) is 2. The van der Waals surface area contributed by atoms with E-state index in [1.807, 2.05) is 18.2 Å². The van der Waals surface area contributed by atoms with E-state index in [1.165, 1.54) is 0 Å². The van der Waals surface area contributed by atoms with Crippen LogP contribution in [0.25, 0.3) is 0 Å². The summed E-state index contributed by atoms with van der Waals surface area (Å²) in [6.07, 6.45) is 0.730. The molecule has 0 spiro atoms. The average Bonchev–Trinajstić information content (AvgIpc) is 2.42. The van der Waals surface area contributed by atoms with Crippen molar-refractivity contribution in [3.8, 4) is 11.5 Å². The molecular weight excluding hydrogens is 230 g/mol. The van der Waals surface area contributed by atoms with Crippen LogP contribution < -0.4 is 14.8 Å². The molecule has 0 radical (unpaired) electrons. The molecule has 2 N–H and O–H groups in total. The largest absolute Gasteiger partial charge is 0.486 e. The molecule has 2 unspecified atom stereocenters. The maximum Gasteiger partial charge on any atom is 0.161 e. The highest BCUT2D eigenvalue weighted by molar-refractivity contribution is 5.45. The SMILES string of the molecule is CC1CNCCC1(O)c1ccc2c(c1)OCCO2. The fourth-order valence-corrected chi connectivity index (χ4v) is 2.75. The Morgan fingerprint density at radius 2 is 2.06 bits per heavy atom. The van der Waals surface area contributed by atoms with E-state index in [4.69, 9.17) is 9.47 Å². The van der Waals surface area contributed by atoms with Crippen LogP contribution in [0.5, 0.6) is 11.5 Å². The second kappa shape index (κ2) is 4.44. The van der Waals surface area contributed by atoms with Gasteiger partial charge < -0.3 is 19.9 Å². The summed E-state index contributed by atoms with van der Waals surface area (Å²) in [7, 11) is 0. The fourth-order valence-electron chi connectivity index (χ4n) is 2.75. The van der Waals surface area contributed by atoms with Gasteiger partial charge in [0.15, 0.2) is 11.5 Å². The van der Waals surface area contributed by atoms with Gasteiger partial charge in [-0.25, -0.2) is 0 Å². The summed E-state index contributed by atoms with van der Waals surface area (Å²) in [6.45, 7) is 4.92. The van der Waals surface area contributed by atoms with Gasteiger partial charge in [0, 0.05) is 12.5 Å². The number of piperidine rings is 1. The fraction of sp³-hybridized carbons (Fsp3) is 0.571. The summed E-state index contributed by atoms with van der Waals surface area (Å²) in [5, 5.41) is 14.2. The molecule has 1 fully saturated rings. The smallest absolute Gasteiger partial charge is 0.161 e. The topological polar surface area (TPSA) is 50.7 Å². The molecule has 2 aliphatic heterocycles. The predicted molar refractivity (Wildman–Crippen MR) is 68.0 cm³/mol. The molecule has 18 heavy (non-hydrogen) atoms. The first-order chi connectivity index (χ1) is 8.70. The third-order valence-corrected chi connectivity index (χ3v) is 3.99. The Morgan fingerprint density at radius 3 is 2.83 bits per heavy atom. The second-order valence-electron chi connectivity index (χ2n) is 5.14. The molecule has 3 rings (SSSR count). The van der Waals surface area contributed by atoms with Crippen LogP contribution in [0.15, 0.2) is 18.2 Å². The molecule has 0 aromatic heterocycles. The third kappa shape index (κ3) is 1.85. The number of aliphatic hydroxyl groups is 1. The Balaban J connectivity index is 1.95. The molecule has 1 aromatic carbocycles. The van der Waals surface area contributed by atoms with E-state index >= 15 is 0 Å². The molecule has 2 heterocycles. The summed E-state index contributed by atoms with van der Waals surface area (Å²) in [5.41, 5.74) is 0.168. The van der Waals surface area contributed by atoms with Gasteiger partial charge in [0.2, 0.25) is 0 Å². The highest BCUT2D eigenvalue weighted by atomic mass is 16.6. The Labute approximate surface area is 107 Å². The predicted octanol–water partition coefficient (Wildman–Crippen LogP) is 1.27. The molecule has 0 bridgehead atoms. The molecule has 98 valence electrons. The van der Waals surface area contributed by atoms with Gasteiger partial charge in [-0.2, -0.15) is 0 Å². The van der Waals surface area contributed by atoms with Crippen LogP contribution >= 0.6 is 0 Å². The van der Waals surface area contributed by atoms with Crippen molar-refractivity contribution in [2.75, 3.05) is 26.3 Å². The van der Waals surface area contributed by atoms with E-state index in [2.05, 4.69) is 12.2 Å². The Hall–Kier alpha value is -1.26. The minimum absolute atomic E-state index is 0.189. The minimum atomic E-state index is -0.763. The molecule has 0 saturated carbocycles. The lowest BCUT2D eigenvalue weighted by molar-refractivity contribution is -0.0395. The molecule has 4 nitrogen and oxygen atoms in total. The monoisotopic (exact) mass is 249 g/mol. The Kier molecular flexibility index (Phi) is 2.92. The van der Waals surface area contributed by atoms with Crippen molar-refractivity contribution in [2.24, 2.45) is 5.92 Å². The van der Waals surface area contributed by atoms with Crippen molar-refractivity contribution in [1.82, 2.24) is 5.32 Å². The summed E-state index contributed by atoms with van der Waals surface area (Å²) in [6, 6.07) is 5.78. The molecular formula is C14H19NO3. The number of hydrogen-bond acceptors (Lipinski definition) is 4. The van der Waals surface area contributed by atoms with Gasteiger partial charge in [0.1, 0.15) is 13.2 Å². The van der Waals surface area contributed by atoms with Crippen molar-refractivity contribution in [3.05, 3.63) is 23.8 Å². The summed E-state index contributed by atoms with van der Waals surface area (Å²) >= 11 is 0. The van der Waals surface area contributed by atoms with Gasteiger partial charge in [-0.05, 0) is 30.7 Å². The maximum absolute atomic E-state index is 10.9. The highest BCUT2D eigenvalue weighted by Gasteiger charge is 2.38. The average molecular weight is 249 g/mol. The standard InChI is InChI=1S/C14H19NO3/c1-10-9-15-5-4-14(10,16)11-2-3-12-13(8-11)18-7-6-17-12/h2-3,8,10,15-16H,4-7,9H2,1H3. The molecule has 0 aliphatic carbocycles. The number of rotatable bonds is 1. The number of nitrogens with one attached hydrogen (secondary N) is 1. The van der Waals surface area contributed by atoms with Gasteiger partial charge in [0.25, 0.3) is 0 Å². The molecule has 4 heteroatoms. The maximum atomic E-state index is 10.9. The quantitative estimate of drug-likeness (QED) is 0.787. The van der Waals surface area contributed by atoms with E-state index in [-0.39, 0.29) is 5.92 Å². The molecule has 2 atom stereocenters. The van der Waals surface area contributed by atoms with Crippen LogP contribution in [0.4, 0.5) is 0 Å². The van der Waals surface area contributed by atoms with Crippen LogP contribution in [-0.2, 0) is 5.60 Å². The van der Waals surface area contributed by atoms with Crippen LogP contribution in [0.1, 0.15) is 18.9 Å². The van der Waals surface area contributed by atoms with Gasteiger partial charge >= 0.3 is 0 Å². The van der Waals surface area contributed by atoms with E-state index in [9.17, 15) is 5.11 Å². The van der Waals surface area contributed by atoms with Gasteiger partial charge in [0.05, 0.1) is 5.60 Å². The van der Waals surface area contributed by atoms with E-state index in [0.717, 1.165) is 36.6 Å². The van der Waals surface area contributed by atoms with Crippen LogP contribution in [0.3, 0.4) is 0 Å². The summed E-state index contributed by atoms with van der Waals surface area (Å²) in [4.78, 5) is 0. The van der Waals surface area contributed by atoms with Crippen molar-refractivity contribution in [1.29, 1.82) is 0 Å². The Morgan fingerprint density at radius 1 is 1.28 bits per heavy atom. The third-order valence-electron chi connectivity index (χ3n) is 3.99. The molecule has 2 aliphatic rings. The zero-order chi connectivity index (χ0) is 12.6. The first kappa shape index (κ1) is 11.8. The normalized spacial score (nSPS) is 31.1. The first-order valence-electron chi connectivity index (χ1n) is 6.53. The van der Waals surface area contributed by atoms with Crippen LogP contribution in [0, 0.1) is 5.92 Å². The van der Waals surface area contributed by atoms with Gasteiger partial charge in [-0.3, -0.25) is 0 Å². The van der Waals surface area contributed by atoms with E-state index in [0.29, 0.717) is 13.2 Å². The number of benzene rings is 1. The Bertz CT molecular complexity index is 449. The van der Waals surface area contributed by atoms with Crippen molar-refractivity contribution < 1.29 is 14.6 Å².